The molecule has 0 aliphatic heterocycles. The van der Waals surface area contributed by atoms with Gasteiger partial charge in [-0.15, -0.1) is 0 Å². The number of carboxylic acid groups (broad SMARTS) is 1. The maximum atomic E-state index is 11.0. The molecule has 0 aliphatic carbocycles. The van der Waals surface area contributed by atoms with Crippen LogP contribution in [0.5, 0.6) is 0 Å². The lowest BCUT2D eigenvalue weighted by molar-refractivity contribution is 0.0696. The molecule has 1 aromatic heterocycles. The van der Waals surface area contributed by atoms with Gasteiger partial charge >= 0.3 is 5.97 Å². The van der Waals surface area contributed by atoms with E-state index in [1.165, 1.54) is 6.07 Å². The Morgan fingerprint density at radius 1 is 1.46 bits per heavy atom. The van der Waals surface area contributed by atoms with Crippen LogP contribution in [0.25, 0.3) is 0 Å². The molecule has 0 aromatic carbocycles. The molecule has 0 spiro atoms. The third-order valence-electron chi connectivity index (χ3n) is 1.73. The Labute approximate surface area is 75.2 Å². The predicted octanol–water partition coefficient (Wildman–Crippen LogP) is 1.20. The van der Waals surface area contributed by atoms with E-state index in [9.17, 15) is 9.59 Å². The van der Waals surface area contributed by atoms with Crippen LogP contribution in [0.4, 0.5) is 0 Å². The van der Waals surface area contributed by atoms with Gasteiger partial charge < -0.3 is 10.1 Å². The Kier molecular flexibility index (Phi) is 2.51. The summed E-state index contributed by atoms with van der Waals surface area (Å²) in [5.41, 5.74) is 0.306. The van der Waals surface area contributed by atoms with E-state index >= 15 is 0 Å². The first-order valence-corrected chi connectivity index (χ1v) is 3.98. The minimum Gasteiger partial charge on any atom is -0.478 e. The zero-order valence-corrected chi connectivity index (χ0v) is 7.50. The summed E-state index contributed by atoms with van der Waals surface area (Å²) in [6, 6.07) is 2.56. The van der Waals surface area contributed by atoms with Crippen molar-refractivity contribution in [2.75, 3.05) is 0 Å². The van der Waals surface area contributed by atoms with Gasteiger partial charge in [-0.3, -0.25) is 4.79 Å². The number of aromatic nitrogens is 1. The Hall–Kier alpha value is -1.58. The zero-order valence-electron chi connectivity index (χ0n) is 7.50. The third-order valence-corrected chi connectivity index (χ3v) is 1.73. The summed E-state index contributed by atoms with van der Waals surface area (Å²) in [5, 5.41) is 8.66. The molecular formula is C9H11NO3. The van der Waals surface area contributed by atoms with Gasteiger partial charge in [-0.25, -0.2) is 4.79 Å². The molecular weight excluding hydrogens is 170 g/mol. The van der Waals surface area contributed by atoms with E-state index < -0.39 is 5.97 Å². The molecule has 1 rings (SSSR count). The number of hydrogen-bond acceptors (Lipinski definition) is 2. The number of rotatable bonds is 2. The van der Waals surface area contributed by atoms with Gasteiger partial charge in [0.05, 0.1) is 5.56 Å². The van der Waals surface area contributed by atoms with E-state index in [2.05, 4.69) is 4.98 Å². The van der Waals surface area contributed by atoms with Gasteiger partial charge in [0, 0.05) is 11.8 Å². The fourth-order valence-electron chi connectivity index (χ4n) is 0.999. The van der Waals surface area contributed by atoms with Gasteiger partial charge in [-0.2, -0.15) is 0 Å². The van der Waals surface area contributed by atoms with E-state index in [-0.39, 0.29) is 17.0 Å². The van der Waals surface area contributed by atoms with Crippen molar-refractivity contribution >= 4 is 5.97 Å². The molecule has 0 saturated heterocycles. The summed E-state index contributed by atoms with van der Waals surface area (Å²) in [4.78, 5) is 24.2. The van der Waals surface area contributed by atoms with Crippen molar-refractivity contribution in [3.05, 3.63) is 33.7 Å². The van der Waals surface area contributed by atoms with Crippen LogP contribution in [0.3, 0.4) is 0 Å². The molecule has 0 bridgehead atoms. The first-order chi connectivity index (χ1) is 6.00. The number of pyridine rings is 1. The largest absolute Gasteiger partial charge is 0.478 e. The Bertz CT molecular complexity index is 379. The van der Waals surface area contributed by atoms with Crippen molar-refractivity contribution in [1.82, 2.24) is 4.98 Å². The minimum atomic E-state index is -1.08. The SMILES string of the molecule is CC(C)c1cc(C(=O)O)cc(=O)[nH]1. The second-order valence-corrected chi connectivity index (χ2v) is 3.15. The van der Waals surface area contributed by atoms with Crippen LogP contribution < -0.4 is 5.56 Å². The molecule has 1 heterocycles. The maximum Gasteiger partial charge on any atom is 0.335 e. The Balaban J connectivity index is 3.27. The molecule has 4 nitrogen and oxygen atoms in total. The summed E-state index contributed by atoms with van der Waals surface area (Å²) in [7, 11) is 0. The maximum absolute atomic E-state index is 11.0. The monoisotopic (exact) mass is 181 g/mol. The lowest BCUT2D eigenvalue weighted by atomic mass is 10.1. The molecule has 1 aromatic rings. The summed E-state index contributed by atoms with van der Waals surface area (Å²) in [5.74, 6) is -0.958. The highest BCUT2D eigenvalue weighted by molar-refractivity contribution is 5.87. The number of hydrogen-bond donors (Lipinski definition) is 2. The van der Waals surface area contributed by atoms with Crippen molar-refractivity contribution in [1.29, 1.82) is 0 Å². The van der Waals surface area contributed by atoms with Gasteiger partial charge in [0.25, 0.3) is 0 Å². The van der Waals surface area contributed by atoms with E-state index in [1.807, 2.05) is 13.8 Å². The van der Waals surface area contributed by atoms with Gasteiger partial charge in [0.15, 0.2) is 0 Å². The molecule has 0 atom stereocenters. The van der Waals surface area contributed by atoms with Crippen LogP contribution in [0.15, 0.2) is 16.9 Å². The lowest BCUT2D eigenvalue weighted by Gasteiger charge is -2.04. The van der Waals surface area contributed by atoms with Crippen molar-refractivity contribution < 1.29 is 9.90 Å². The second-order valence-electron chi connectivity index (χ2n) is 3.15. The fraction of sp³-hybridized carbons (Fsp3) is 0.333. The van der Waals surface area contributed by atoms with Crippen molar-refractivity contribution in [2.45, 2.75) is 19.8 Å². The molecule has 0 fully saturated rings. The Morgan fingerprint density at radius 2 is 2.08 bits per heavy atom. The highest BCUT2D eigenvalue weighted by Gasteiger charge is 2.07. The Morgan fingerprint density at radius 3 is 2.54 bits per heavy atom. The zero-order chi connectivity index (χ0) is 10.0. The van der Waals surface area contributed by atoms with E-state index in [0.717, 1.165) is 6.07 Å². The summed E-state index contributed by atoms with van der Waals surface area (Å²) < 4.78 is 0. The van der Waals surface area contributed by atoms with Crippen LogP contribution in [-0.2, 0) is 0 Å². The smallest absolute Gasteiger partial charge is 0.335 e. The number of aromatic amines is 1. The second kappa shape index (κ2) is 3.43. The molecule has 70 valence electrons. The topological polar surface area (TPSA) is 70.2 Å². The van der Waals surface area contributed by atoms with E-state index in [1.54, 1.807) is 0 Å². The summed E-state index contributed by atoms with van der Waals surface area (Å²) in [6.45, 7) is 3.77. The van der Waals surface area contributed by atoms with Crippen LogP contribution in [0.1, 0.15) is 35.8 Å². The standard InChI is InChI=1S/C9H11NO3/c1-5(2)7-3-6(9(12)13)4-8(11)10-7/h3-5H,1-2H3,(H,10,11)(H,12,13). The number of H-pyrrole nitrogens is 1. The average Bonchev–Trinajstić information content (AvgIpc) is 2.03. The number of aromatic carboxylic acids is 1. The first-order valence-electron chi connectivity index (χ1n) is 3.98. The highest BCUT2D eigenvalue weighted by Crippen LogP contribution is 2.10. The van der Waals surface area contributed by atoms with Crippen LogP contribution in [0.2, 0.25) is 0 Å². The van der Waals surface area contributed by atoms with Crippen LogP contribution in [0, 0.1) is 0 Å². The number of carboxylic acids is 1. The molecule has 2 N–H and O–H groups in total. The first kappa shape index (κ1) is 9.51. The minimum absolute atomic E-state index is 0.0347. The molecule has 0 radical (unpaired) electrons. The molecule has 0 saturated carbocycles. The molecule has 4 heteroatoms. The lowest BCUT2D eigenvalue weighted by Crippen LogP contribution is -2.12. The van der Waals surface area contributed by atoms with Gasteiger partial charge in [0.2, 0.25) is 5.56 Å². The van der Waals surface area contributed by atoms with E-state index in [4.69, 9.17) is 5.11 Å². The number of nitrogens with one attached hydrogen (secondary N) is 1. The summed E-state index contributed by atoms with van der Waals surface area (Å²) in [6.07, 6.45) is 0. The van der Waals surface area contributed by atoms with Gasteiger partial charge in [-0.1, -0.05) is 13.8 Å². The van der Waals surface area contributed by atoms with Crippen molar-refractivity contribution in [3.8, 4) is 0 Å². The molecule has 13 heavy (non-hydrogen) atoms. The number of carbonyl (C=O) groups is 1. The van der Waals surface area contributed by atoms with Gasteiger partial charge in [-0.05, 0) is 12.0 Å². The normalized spacial score (nSPS) is 10.4. The quantitative estimate of drug-likeness (QED) is 0.720. The molecule has 0 amide bonds. The highest BCUT2D eigenvalue weighted by atomic mass is 16.4. The van der Waals surface area contributed by atoms with Crippen molar-refractivity contribution in [2.24, 2.45) is 0 Å². The van der Waals surface area contributed by atoms with Crippen LogP contribution in [-0.4, -0.2) is 16.1 Å². The van der Waals surface area contributed by atoms with E-state index in [0.29, 0.717) is 5.69 Å². The van der Waals surface area contributed by atoms with Gasteiger partial charge in [0.1, 0.15) is 0 Å². The third kappa shape index (κ3) is 2.18. The predicted molar refractivity (Wildman–Crippen MR) is 48.1 cm³/mol. The van der Waals surface area contributed by atoms with Crippen molar-refractivity contribution in [3.63, 3.8) is 0 Å². The fourth-order valence-corrected chi connectivity index (χ4v) is 0.999. The van der Waals surface area contributed by atoms with Crippen LogP contribution >= 0.6 is 0 Å². The molecule has 0 unspecified atom stereocenters. The summed E-state index contributed by atoms with van der Waals surface area (Å²) >= 11 is 0. The average molecular weight is 181 g/mol. The molecule has 0 aliphatic rings.